The van der Waals surface area contributed by atoms with Gasteiger partial charge in [-0.1, -0.05) is 41.4 Å². The van der Waals surface area contributed by atoms with E-state index in [1.165, 1.54) is 7.11 Å². The van der Waals surface area contributed by atoms with Crippen molar-refractivity contribution in [3.8, 4) is 0 Å². The van der Waals surface area contributed by atoms with Gasteiger partial charge in [0.1, 0.15) is 0 Å². The van der Waals surface area contributed by atoms with Crippen LogP contribution in [0.2, 0.25) is 0 Å². The van der Waals surface area contributed by atoms with Crippen molar-refractivity contribution in [2.24, 2.45) is 5.73 Å². The quantitative estimate of drug-likeness (QED) is 0.599. The zero-order chi connectivity index (χ0) is 15.9. The lowest BCUT2D eigenvalue weighted by molar-refractivity contribution is -0.156. The smallest absolute Gasteiger partial charge is 0.331 e. The first-order chi connectivity index (χ1) is 9.93. The third-order valence-electron chi connectivity index (χ3n) is 3.11. The van der Waals surface area contributed by atoms with Crippen molar-refractivity contribution in [1.29, 1.82) is 0 Å². The van der Waals surface area contributed by atoms with Crippen LogP contribution in [0, 0.1) is 0 Å². The van der Waals surface area contributed by atoms with Crippen LogP contribution in [0.25, 0.3) is 0 Å². The van der Waals surface area contributed by atoms with Crippen LogP contribution in [0.15, 0.2) is 28.7 Å². The van der Waals surface area contributed by atoms with Gasteiger partial charge >= 0.3 is 11.9 Å². The molecule has 1 atom stereocenters. The fourth-order valence-corrected chi connectivity index (χ4v) is 2.04. The third kappa shape index (κ3) is 4.82. The van der Waals surface area contributed by atoms with Gasteiger partial charge in [0.2, 0.25) is 0 Å². The number of carbonyl (C=O) groups excluding carboxylic acids is 2. The normalized spacial score (nSPS) is 13.3. The fourth-order valence-electron chi connectivity index (χ4n) is 1.78. The van der Waals surface area contributed by atoms with E-state index in [0.717, 1.165) is 17.3 Å². The Hall–Kier alpha value is -1.40. The summed E-state index contributed by atoms with van der Waals surface area (Å²) in [5.74, 6) is -1.18. The maximum Gasteiger partial charge on any atom is 0.331 e. The molecule has 5 nitrogen and oxygen atoms in total. The number of esters is 2. The van der Waals surface area contributed by atoms with Gasteiger partial charge in [0.05, 0.1) is 20.1 Å². The number of hydrogen-bond acceptors (Lipinski definition) is 5. The van der Waals surface area contributed by atoms with Gasteiger partial charge in [0.25, 0.3) is 0 Å². The molecule has 0 aliphatic carbocycles. The molecule has 0 bridgehead atoms. The molecule has 21 heavy (non-hydrogen) atoms. The molecule has 6 heteroatoms. The van der Waals surface area contributed by atoms with Crippen LogP contribution in [0.3, 0.4) is 0 Å². The number of unbranched alkanes of at least 4 members (excludes halogenated alkanes) is 1. The summed E-state index contributed by atoms with van der Waals surface area (Å²) in [6.45, 7) is 2.28. The van der Waals surface area contributed by atoms with Crippen LogP contribution in [0.1, 0.15) is 31.7 Å². The molecule has 0 amide bonds. The molecule has 1 aromatic rings. The first-order valence-corrected chi connectivity index (χ1v) is 7.52. The number of methoxy groups -OCH3 is 1. The van der Waals surface area contributed by atoms with Crippen molar-refractivity contribution >= 4 is 27.9 Å². The highest BCUT2D eigenvalue weighted by atomic mass is 79.9. The van der Waals surface area contributed by atoms with E-state index in [0.29, 0.717) is 5.56 Å². The summed E-state index contributed by atoms with van der Waals surface area (Å²) in [6, 6.07) is 6.89. The summed E-state index contributed by atoms with van der Waals surface area (Å²) in [5, 5.41) is 0. The second-order valence-electron chi connectivity index (χ2n) is 4.72. The Kier molecular flexibility index (Phi) is 6.84. The van der Waals surface area contributed by atoms with Crippen LogP contribution < -0.4 is 5.73 Å². The van der Waals surface area contributed by atoms with Crippen molar-refractivity contribution < 1.29 is 19.1 Å². The standard InChI is InChI=1S/C15H20BrNO4/c1-3-4-9-21-14(19)15(17,10-13(18)20-2)11-5-7-12(16)8-6-11/h5-8H,3-4,9-10,17H2,1-2H3. The van der Waals surface area contributed by atoms with Crippen molar-refractivity contribution in [2.45, 2.75) is 31.7 Å². The number of rotatable bonds is 7. The number of hydrogen-bond donors (Lipinski definition) is 1. The van der Waals surface area contributed by atoms with E-state index < -0.39 is 17.5 Å². The minimum Gasteiger partial charge on any atom is -0.469 e. The average Bonchev–Trinajstić information content (AvgIpc) is 2.47. The van der Waals surface area contributed by atoms with Crippen LogP contribution >= 0.6 is 15.9 Å². The molecule has 1 rings (SSSR count). The van der Waals surface area contributed by atoms with Crippen molar-refractivity contribution in [3.63, 3.8) is 0 Å². The molecule has 1 unspecified atom stereocenters. The maximum absolute atomic E-state index is 12.3. The Labute approximate surface area is 132 Å². The predicted octanol–water partition coefficient (Wildman–Crippen LogP) is 2.51. The van der Waals surface area contributed by atoms with E-state index in [2.05, 4.69) is 20.7 Å². The summed E-state index contributed by atoms with van der Waals surface area (Å²) < 4.78 is 10.7. The lowest BCUT2D eigenvalue weighted by Crippen LogP contribution is -2.48. The molecular formula is C15H20BrNO4. The molecule has 0 saturated heterocycles. The highest BCUT2D eigenvalue weighted by molar-refractivity contribution is 9.10. The highest BCUT2D eigenvalue weighted by Crippen LogP contribution is 2.26. The Morgan fingerprint density at radius 3 is 2.43 bits per heavy atom. The number of halogens is 1. The molecule has 0 saturated carbocycles. The van der Waals surface area contributed by atoms with Crippen LogP contribution in [0.4, 0.5) is 0 Å². The lowest BCUT2D eigenvalue weighted by atomic mass is 9.87. The highest BCUT2D eigenvalue weighted by Gasteiger charge is 2.40. The Bertz CT molecular complexity index is 489. The molecule has 0 aromatic heterocycles. The average molecular weight is 358 g/mol. The van der Waals surface area contributed by atoms with Gasteiger partial charge in [-0.2, -0.15) is 0 Å². The van der Waals surface area contributed by atoms with Gasteiger partial charge in [-0.3, -0.25) is 4.79 Å². The minimum atomic E-state index is -1.54. The van der Waals surface area contributed by atoms with Crippen molar-refractivity contribution in [2.75, 3.05) is 13.7 Å². The first-order valence-electron chi connectivity index (χ1n) is 6.73. The van der Waals surface area contributed by atoms with E-state index >= 15 is 0 Å². The first kappa shape index (κ1) is 17.7. The zero-order valence-electron chi connectivity index (χ0n) is 12.2. The topological polar surface area (TPSA) is 78.6 Å². The van der Waals surface area contributed by atoms with E-state index in [4.69, 9.17) is 10.5 Å². The van der Waals surface area contributed by atoms with Gasteiger partial charge in [0, 0.05) is 4.47 Å². The molecule has 2 N–H and O–H groups in total. The number of carbonyl (C=O) groups is 2. The van der Waals surface area contributed by atoms with E-state index in [1.807, 2.05) is 6.92 Å². The van der Waals surface area contributed by atoms with Gasteiger partial charge in [-0.15, -0.1) is 0 Å². The second kappa shape index (κ2) is 8.14. The van der Waals surface area contributed by atoms with Crippen LogP contribution in [-0.4, -0.2) is 25.7 Å². The summed E-state index contributed by atoms with van der Waals surface area (Å²) in [5.41, 5.74) is 5.15. The Morgan fingerprint density at radius 2 is 1.90 bits per heavy atom. The molecule has 0 spiro atoms. The molecule has 0 aliphatic heterocycles. The summed E-state index contributed by atoms with van der Waals surface area (Å²) >= 11 is 3.32. The van der Waals surface area contributed by atoms with E-state index in [9.17, 15) is 9.59 Å². The SMILES string of the molecule is CCCCOC(=O)C(N)(CC(=O)OC)c1ccc(Br)cc1. The molecule has 0 radical (unpaired) electrons. The Balaban J connectivity index is 3.01. The third-order valence-corrected chi connectivity index (χ3v) is 3.63. The molecule has 116 valence electrons. The van der Waals surface area contributed by atoms with Gasteiger partial charge in [-0.25, -0.2) is 4.79 Å². The summed E-state index contributed by atoms with van der Waals surface area (Å²) in [7, 11) is 1.26. The molecule has 0 aliphatic rings. The molecule has 0 fully saturated rings. The van der Waals surface area contributed by atoms with E-state index in [1.54, 1.807) is 24.3 Å². The van der Waals surface area contributed by atoms with Gasteiger partial charge in [-0.05, 0) is 24.1 Å². The van der Waals surface area contributed by atoms with Crippen molar-refractivity contribution in [3.05, 3.63) is 34.3 Å². The van der Waals surface area contributed by atoms with Gasteiger partial charge in [0.15, 0.2) is 5.54 Å². The molecule has 0 heterocycles. The Morgan fingerprint density at radius 1 is 1.29 bits per heavy atom. The molecular weight excluding hydrogens is 338 g/mol. The van der Waals surface area contributed by atoms with Gasteiger partial charge < -0.3 is 15.2 Å². The second-order valence-corrected chi connectivity index (χ2v) is 5.64. The van der Waals surface area contributed by atoms with Crippen LogP contribution in [-0.2, 0) is 24.6 Å². The predicted molar refractivity (Wildman–Crippen MR) is 82.5 cm³/mol. The minimum absolute atomic E-state index is 0.268. The summed E-state index contributed by atoms with van der Waals surface area (Å²) in [4.78, 5) is 23.9. The number of benzene rings is 1. The van der Waals surface area contributed by atoms with E-state index in [-0.39, 0.29) is 13.0 Å². The molecule has 1 aromatic carbocycles. The van der Waals surface area contributed by atoms with Crippen LogP contribution in [0.5, 0.6) is 0 Å². The zero-order valence-corrected chi connectivity index (χ0v) is 13.8. The monoisotopic (exact) mass is 357 g/mol. The lowest BCUT2D eigenvalue weighted by Gasteiger charge is -2.26. The fraction of sp³-hybridized carbons (Fsp3) is 0.467. The summed E-state index contributed by atoms with van der Waals surface area (Å²) in [6.07, 6.45) is 1.39. The number of ether oxygens (including phenoxy) is 2. The van der Waals surface area contributed by atoms with Crippen molar-refractivity contribution in [1.82, 2.24) is 0 Å². The largest absolute Gasteiger partial charge is 0.469 e. The maximum atomic E-state index is 12.3. The number of nitrogens with two attached hydrogens (primary N) is 1.